The molecular formula is C16H19N3O. The van der Waals surface area contributed by atoms with Crippen LogP contribution >= 0.6 is 0 Å². The monoisotopic (exact) mass is 269 g/mol. The molecule has 0 saturated heterocycles. The van der Waals surface area contributed by atoms with Crippen LogP contribution in [0.5, 0.6) is 0 Å². The van der Waals surface area contributed by atoms with E-state index in [9.17, 15) is 0 Å². The second-order valence-electron chi connectivity index (χ2n) is 5.78. The molecule has 0 radical (unpaired) electrons. The zero-order valence-electron chi connectivity index (χ0n) is 11.7. The van der Waals surface area contributed by atoms with Crippen molar-refractivity contribution in [3.63, 3.8) is 0 Å². The fourth-order valence-electron chi connectivity index (χ4n) is 3.61. The van der Waals surface area contributed by atoms with Crippen molar-refractivity contribution in [3.05, 3.63) is 47.1 Å². The first kappa shape index (κ1) is 12.1. The molecule has 4 heteroatoms. The normalized spacial score (nSPS) is 26.9. The van der Waals surface area contributed by atoms with E-state index in [1.807, 2.05) is 0 Å². The third-order valence-corrected chi connectivity index (χ3v) is 4.63. The van der Waals surface area contributed by atoms with Gasteiger partial charge in [0.15, 0.2) is 5.82 Å². The van der Waals surface area contributed by atoms with Gasteiger partial charge in [0, 0.05) is 5.92 Å². The molecule has 2 aliphatic rings. The molecule has 2 aliphatic carbocycles. The minimum atomic E-state index is 0.446. The predicted octanol–water partition coefficient (Wildman–Crippen LogP) is 2.62. The first-order chi connectivity index (χ1) is 9.88. The summed E-state index contributed by atoms with van der Waals surface area (Å²) in [6.45, 7) is 3.69. The summed E-state index contributed by atoms with van der Waals surface area (Å²) in [6.07, 6.45) is 2.43. The van der Waals surface area contributed by atoms with Crippen molar-refractivity contribution in [2.24, 2.45) is 5.92 Å². The van der Waals surface area contributed by atoms with Crippen LogP contribution in [0.2, 0.25) is 0 Å². The summed E-state index contributed by atoms with van der Waals surface area (Å²) in [5, 5.41) is 7.31. The maximum absolute atomic E-state index is 5.49. The Morgan fingerprint density at radius 3 is 3.10 bits per heavy atom. The SMILES string of the molecule is CCNCc1noc(C2C3CCc4ccccc4C32)n1. The Morgan fingerprint density at radius 2 is 2.20 bits per heavy atom. The largest absolute Gasteiger partial charge is 0.339 e. The van der Waals surface area contributed by atoms with Gasteiger partial charge in [-0.05, 0) is 42.3 Å². The Bertz CT molecular complexity index is 622. The Morgan fingerprint density at radius 1 is 1.30 bits per heavy atom. The van der Waals surface area contributed by atoms with Gasteiger partial charge in [-0.1, -0.05) is 36.3 Å². The molecule has 1 aromatic carbocycles. The first-order valence-electron chi connectivity index (χ1n) is 7.49. The van der Waals surface area contributed by atoms with Gasteiger partial charge in [0.25, 0.3) is 0 Å². The van der Waals surface area contributed by atoms with Gasteiger partial charge in [0.1, 0.15) is 0 Å². The van der Waals surface area contributed by atoms with Crippen LogP contribution < -0.4 is 5.32 Å². The summed E-state index contributed by atoms with van der Waals surface area (Å²) in [5.41, 5.74) is 3.00. The molecule has 1 N–H and O–H groups in total. The van der Waals surface area contributed by atoms with E-state index in [2.05, 4.69) is 46.6 Å². The summed E-state index contributed by atoms with van der Waals surface area (Å²) in [6, 6.07) is 8.80. The molecule has 2 aromatic rings. The van der Waals surface area contributed by atoms with Crippen molar-refractivity contribution >= 4 is 0 Å². The highest BCUT2D eigenvalue weighted by atomic mass is 16.5. The molecule has 1 fully saturated rings. The van der Waals surface area contributed by atoms with Gasteiger partial charge in [-0.25, -0.2) is 0 Å². The molecule has 0 amide bonds. The van der Waals surface area contributed by atoms with Crippen molar-refractivity contribution in [1.82, 2.24) is 15.5 Å². The molecule has 104 valence electrons. The fourth-order valence-corrected chi connectivity index (χ4v) is 3.61. The lowest BCUT2D eigenvalue weighted by Crippen LogP contribution is -2.12. The zero-order valence-corrected chi connectivity index (χ0v) is 11.7. The van der Waals surface area contributed by atoms with Gasteiger partial charge in [0.05, 0.1) is 6.54 Å². The van der Waals surface area contributed by atoms with E-state index >= 15 is 0 Å². The molecule has 4 nitrogen and oxygen atoms in total. The summed E-state index contributed by atoms with van der Waals surface area (Å²) in [7, 11) is 0. The lowest BCUT2D eigenvalue weighted by atomic mass is 9.92. The van der Waals surface area contributed by atoms with Gasteiger partial charge in [-0.2, -0.15) is 4.98 Å². The molecule has 0 spiro atoms. The highest BCUT2D eigenvalue weighted by molar-refractivity contribution is 5.42. The van der Waals surface area contributed by atoms with Crippen LogP contribution in [-0.2, 0) is 13.0 Å². The highest BCUT2D eigenvalue weighted by Gasteiger charge is 2.56. The number of aryl methyl sites for hydroxylation is 1. The molecule has 1 saturated carbocycles. The number of hydrogen-bond donors (Lipinski definition) is 1. The quantitative estimate of drug-likeness (QED) is 0.927. The number of aromatic nitrogens is 2. The number of nitrogens with zero attached hydrogens (tertiary/aromatic N) is 2. The Kier molecular flexibility index (Phi) is 2.84. The van der Waals surface area contributed by atoms with Crippen molar-refractivity contribution in [2.75, 3.05) is 6.54 Å². The van der Waals surface area contributed by atoms with Crippen molar-refractivity contribution in [3.8, 4) is 0 Å². The van der Waals surface area contributed by atoms with Crippen LogP contribution in [0.15, 0.2) is 28.8 Å². The van der Waals surface area contributed by atoms with Gasteiger partial charge >= 0.3 is 0 Å². The van der Waals surface area contributed by atoms with Crippen LogP contribution in [0.3, 0.4) is 0 Å². The number of hydrogen-bond acceptors (Lipinski definition) is 4. The molecule has 20 heavy (non-hydrogen) atoms. The number of fused-ring (bicyclic) bond motifs is 3. The molecule has 4 rings (SSSR count). The topological polar surface area (TPSA) is 51.0 Å². The van der Waals surface area contributed by atoms with Gasteiger partial charge in [-0.15, -0.1) is 0 Å². The van der Waals surface area contributed by atoms with Crippen molar-refractivity contribution in [1.29, 1.82) is 0 Å². The predicted molar refractivity (Wildman–Crippen MR) is 75.4 cm³/mol. The molecular weight excluding hydrogens is 250 g/mol. The maximum Gasteiger partial charge on any atom is 0.230 e. The van der Waals surface area contributed by atoms with E-state index in [4.69, 9.17) is 4.52 Å². The van der Waals surface area contributed by atoms with Crippen LogP contribution in [0.25, 0.3) is 0 Å². The minimum absolute atomic E-state index is 0.446. The van der Waals surface area contributed by atoms with Crippen LogP contribution in [0, 0.1) is 5.92 Å². The first-order valence-corrected chi connectivity index (χ1v) is 7.49. The van der Waals surface area contributed by atoms with Crippen molar-refractivity contribution in [2.45, 2.75) is 38.1 Å². The van der Waals surface area contributed by atoms with Gasteiger partial charge in [0.2, 0.25) is 5.89 Å². The molecule has 3 atom stereocenters. The molecule has 3 unspecified atom stereocenters. The van der Waals surface area contributed by atoms with E-state index < -0.39 is 0 Å². The Labute approximate surface area is 118 Å². The Balaban J connectivity index is 1.56. The zero-order chi connectivity index (χ0) is 13.5. The summed E-state index contributed by atoms with van der Waals surface area (Å²) in [4.78, 5) is 4.57. The lowest BCUT2D eigenvalue weighted by molar-refractivity contribution is 0.367. The minimum Gasteiger partial charge on any atom is -0.339 e. The molecule has 1 heterocycles. The maximum atomic E-state index is 5.49. The van der Waals surface area contributed by atoms with Crippen LogP contribution in [0.1, 0.15) is 48.0 Å². The molecule has 1 aromatic heterocycles. The lowest BCUT2D eigenvalue weighted by Gasteiger charge is -2.13. The second-order valence-corrected chi connectivity index (χ2v) is 5.78. The van der Waals surface area contributed by atoms with E-state index in [0.717, 1.165) is 18.3 Å². The van der Waals surface area contributed by atoms with E-state index in [1.165, 1.54) is 24.0 Å². The van der Waals surface area contributed by atoms with E-state index in [1.54, 1.807) is 0 Å². The fraction of sp³-hybridized carbons (Fsp3) is 0.500. The summed E-state index contributed by atoms with van der Waals surface area (Å²) < 4.78 is 5.49. The second kappa shape index (κ2) is 4.70. The van der Waals surface area contributed by atoms with Crippen LogP contribution in [0.4, 0.5) is 0 Å². The number of nitrogens with one attached hydrogen (secondary N) is 1. The van der Waals surface area contributed by atoms with E-state index in [-0.39, 0.29) is 0 Å². The smallest absolute Gasteiger partial charge is 0.230 e. The van der Waals surface area contributed by atoms with Crippen molar-refractivity contribution < 1.29 is 4.52 Å². The average Bonchev–Trinajstić information content (AvgIpc) is 3.06. The number of benzene rings is 1. The van der Waals surface area contributed by atoms with Gasteiger partial charge < -0.3 is 9.84 Å². The molecule has 0 bridgehead atoms. The third-order valence-electron chi connectivity index (χ3n) is 4.63. The number of rotatable bonds is 4. The highest BCUT2D eigenvalue weighted by Crippen LogP contribution is 2.64. The Hall–Kier alpha value is -1.68. The average molecular weight is 269 g/mol. The standard InChI is InChI=1S/C16H19N3O/c1-2-17-9-13-18-16(20-19-13)15-12-8-7-10-5-3-4-6-11(10)14(12)15/h3-6,12,14-15,17H,2,7-9H2,1H3. The van der Waals surface area contributed by atoms with E-state index in [0.29, 0.717) is 24.3 Å². The molecule has 0 aliphatic heterocycles. The summed E-state index contributed by atoms with van der Waals surface area (Å²) >= 11 is 0. The van der Waals surface area contributed by atoms with Crippen LogP contribution in [-0.4, -0.2) is 16.7 Å². The third kappa shape index (κ3) is 1.86. The van der Waals surface area contributed by atoms with Gasteiger partial charge in [-0.3, -0.25) is 0 Å². The summed E-state index contributed by atoms with van der Waals surface area (Å²) in [5.74, 6) is 3.37.